The number of pyridine rings is 1. The molecule has 0 fully saturated rings. The Labute approximate surface area is 171 Å². The molecule has 0 unspecified atom stereocenters. The number of aromatic nitrogens is 1. The summed E-state index contributed by atoms with van der Waals surface area (Å²) in [5.41, 5.74) is 0.766. The number of anilines is 1. The Morgan fingerprint density at radius 2 is 1.61 bits per heavy atom. The smallest absolute Gasteiger partial charge is 0.292 e. The molecule has 5 nitrogen and oxygen atoms in total. The highest BCUT2D eigenvalue weighted by molar-refractivity contribution is 9.10. The molecule has 1 aromatic heterocycles. The van der Waals surface area contributed by atoms with Crippen molar-refractivity contribution in [2.75, 3.05) is 5.32 Å². The summed E-state index contributed by atoms with van der Waals surface area (Å²) in [6, 6.07) is 12.3. The minimum Gasteiger partial charge on any atom is -0.292 e. The van der Waals surface area contributed by atoms with Crippen LogP contribution in [0.4, 0.5) is 19.4 Å². The first-order valence-electron chi connectivity index (χ1n) is 7.84. The largest absolute Gasteiger partial charge is 0.327 e. The number of amides is 3. The highest BCUT2D eigenvalue weighted by Crippen LogP contribution is 2.29. The molecule has 0 saturated heterocycles. The molecule has 0 saturated carbocycles. The van der Waals surface area contributed by atoms with Gasteiger partial charge in [0.1, 0.15) is 27.6 Å². The van der Waals surface area contributed by atoms with Gasteiger partial charge in [0.15, 0.2) is 0 Å². The maximum absolute atomic E-state index is 13.6. The second kappa shape index (κ2) is 8.45. The zero-order chi connectivity index (χ0) is 20.3. The second-order valence-corrected chi connectivity index (χ2v) is 6.73. The van der Waals surface area contributed by atoms with Gasteiger partial charge < -0.3 is 0 Å². The van der Waals surface area contributed by atoms with Crippen LogP contribution in [0.5, 0.6) is 0 Å². The number of halogens is 4. The fourth-order valence-corrected chi connectivity index (χ4v) is 3.05. The molecule has 2 aromatic carbocycles. The van der Waals surface area contributed by atoms with Crippen LogP contribution in [0.2, 0.25) is 5.02 Å². The second-order valence-electron chi connectivity index (χ2n) is 5.55. The number of nitrogens with one attached hydrogen (secondary N) is 2. The van der Waals surface area contributed by atoms with E-state index in [1.807, 2.05) is 17.4 Å². The Morgan fingerprint density at radius 1 is 0.964 bits per heavy atom. The van der Waals surface area contributed by atoms with Crippen molar-refractivity contribution >= 4 is 45.3 Å². The molecule has 3 rings (SSSR count). The number of urea groups is 1. The molecule has 9 heteroatoms. The molecule has 0 aliphatic rings. The van der Waals surface area contributed by atoms with Crippen molar-refractivity contribution in [2.24, 2.45) is 0 Å². The molecule has 0 aliphatic carbocycles. The minimum atomic E-state index is -1.20. The lowest BCUT2D eigenvalue weighted by atomic mass is 10.1. The Kier molecular flexibility index (Phi) is 6.01. The normalized spacial score (nSPS) is 10.4. The van der Waals surface area contributed by atoms with E-state index in [1.54, 1.807) is 18.2 Å². The number of hydrogen-bond donors (Lipinski definition) is 2. The summed E-state index contributed by atoms with van der Waals surface area (Å²) >= 11 is 9.19. The van der Waals surface area contributed by atoms with Gasteiger partial charge in [0.2, 0.25) is 0 Å². The summed E-state index contributed by atoms with van der Waals surface area (Å²) in [4.78, 5) is 28.1. The Bertz CT molecular complexity index is 1040. The number of imide groups is 1. The maximum atomic E-state index is 13.6. The Hall–Kier alpha value is -2.84. The highest BCUT2D eigenvalue weighted by Gasteiger charge is 2.19. The number of carbonyl (C=O) groups excluding carboxylic acids is 2. The van der Waals surface area contributed by atoms with Gasteiger partial charge in [-0.2, -0.15) is 0 Å². The molecule has 1 heterocycles. The number of carbonyl (C=O) groups is 2. The molecule has 142 valence electrons. The van der Waals surface area contributed by atoms with Gasteiger partial charge in [0.05, 0.1) is 0 Å². The minimum absolute atomic E-state index is 0.129. The molecule has 0 bridgehead atoms. The molecular weight excluding hydrogens is 456 g/mol. The van der Waals surface area contributed by atoms with Gasteiger partial charge in [-0.25, -0.2) is 18.6 Å². The topological polar surface area (TPSA) is 71.1 Å². The van der Waals surface area contributed by atoms with E-state index in [2.05, 4.69) is 26.2 Å². The van der Waals surface area contributed by atoms with E-state index in [-0.39, 0.29) is 5.82 Å². The molecule has 0 atom stereocenters. The first-order chi connectivity index (χ1) is 13.3. The summed E-state index contributed by atoms with van der Waals surface area (Å²) in [5, 5.41) is 4.79. The van der Waals surface area contributed by atoms with Crippen molar-refractivity contribution in [1.82, 2.24) is 10.3 Å². The van der Waals surface area contributed by atoms with Crippen LogP contribution < -0.4 is 10.6 Å². The van der Waals surface area contributed by atoms with E-state index >= 15 is 0 Å². The third-order valence-electron chi connectivity index (χ3n) is 3.66. The lowest BCUT2D eigenvalue weighted by Crippen LogP contribution is -2.35. The van der Waals surface area contributed by atoms with Crippen LogP contribution in [-0.2, 0) is 0 Å². The third-order valence-corrected chi connectivity index (χ3v) is 4.52. The Morgan fingerprint density at radius 3 is 2.21 bits per heavy atom. The molecule has 0 radical (unpaired) electrons. The van der Waals surface area contributed by atoms with Crippen molar-refractivity contribution in [3.05, 3.63) is 81.4 Å². The van der Waals surface area contributed by atoms with Gasteiger partial charge in [-0.1, -0.05) is 29.8 Å². The molecule has 3 amide bonds. The SMILES string of the molecule is O=C(NC(=O)c1c(F)cccc1F)Nc1ccc(-c2ccc(Cl)cc2)c(Br)n1. The average Bonchev–Trinajstić information content (AvgIpc) is 2.62. The van der Waals surface area contributed by atoms with Gasteiger partial charge in [-0.3, -0.25) is 15.4 Å². The van der Waals surface area contributed by atoms with Crippen LogP contribution >= 0.6 is 27.5 Å². The van der Waals surface area contributed by atoms with Crippen LogP contribution in [0.3, 0.4) is 0 Å². The predicted molar refractivity (Wildman–Crippen MR) is 105 cm³/mol. The number of nitrogens with zero attached hydrogens (tertiary/aromatic N) is 1. The fourth-order valence-electron chi connectivity index (χ4n) is 2.38. The van der Waals surface area contributed by atoms with Crippen molar-refractivity contribution in [3.63, 3.8) is 0 Å². The van der Waals surface area contributed by atoms with E-state index in [4.69, 9.17) is 11.6 Å². The van der Waals surface area contributed by atoms with Crippen molar-refractivity contribution in [3.8, 4) is 11.1 Å². The number of benzene rings is 2. The zero-order valence-electron chi connectivity index (χ0n) is 14.0. The fraction of sp³-hybridized carbons (Fsp3) is 0. The van der Waals surface area contributed by atoms with Crippen LogP contribution in [0.15, 0.2) is 59.2 Å². The van der Waals surface area contributed by atoms with Crippen molar-refractivity contribution < 1.29 is 18.4 Å². The standard InChI is InChI=1S/C19H11BrClF2N3O2/c20-17-12(10-4-6-11(21)7-5-10)8-9-15(24-17)25-19(28)26-18(27)16-13(22)2-1-3-14(16)23/h1-9H,(H2,24,25,26,27,28). The maximum Gasteiger partial charge on any atom is 0.327 e. The van der Waals surface area contributed by atoms with Crippen LogP contribution in [0, 0.1) is 11.6 Å². The number of rotatable bonds is 3. The summed E-state index contributed by atoms with van der Waals surface area (Å²) in [5.74, 6) is -3.22. The summed E-state index contributed by atoms with van der Waals surface area (Å²) < 4.78 is 27.6. The van der Waals surface area contributed by atoms with E-state index in [1.165, 1.54) is 6.07 Å². The monoisotopic (exact) mass is 465 g/mol. The predicted octanol–water partition coefficient (Wildman–Crippen LogP) is 5.40. The van der Waals surface area contributed by atoms with Gasteiger partial charge in [-0.15, -0.1) is 0 Å². The Balaban J connectivity index is 1.71. The average molecular weight is 467 g/mol. The third kappa shape index (κ3) is 4.52. The highest BCUT2D eigenvalue weighted by atomic mass is 79.9. The summed E-state index contributed by atoms with van der Waals surface area (Å²) in [7, 11) is 0. The number of hydrogen-bond acceptors (Lipinski definition) is 3. The molecular formula is C19H11BrClF2N3O2. The van der Waals surface area contributed by atoms with E-state index < -0.39 is 29.1 Å². The van der Waals surface area contributed by atoms with Gasteiger partial charge in [0.25, 0.3) is 5.91 Å². The zero-order valence-corrected chi connectivity index (χ0v) is 16.3. The van der Waals surface area contributed by atoms with Gasteiger partial charge in [-0.05, 0) is 57.9 Å². The van der Waals surface area contributed by atoms with Gasteiger partial charge in [0, 0.05) is 10.6 Å². The summed E-state index contributed by atoms with van der Waals surface area (Å²) in [6.07, 6.45) is 0. The summed E-state index contributed by atoms with van der Waals surface area (Å²) in [6.45, 7) is 0. The lowest BCUT2D eigenvalue weighted by molar-refractivity contribution is 0.0959. The molecule has 0 spiro atoms. The van der Waals surface area contributed by atoms with Crippen molar-refractivity contribution in [1.29, 1.82) is 0 Å². The van der Waals surface area contributed by atoms with E-state index in [9.17, 15) is 18.4 Å². The first kappa shape index (κ1) is 19.9. The van der Waals surface area contributed by atoms with Crippen molar-refractivity contribution in [2.45, 2.75) is 0 Å². The quantitative estimate of drug-likeness (QED) is 0.508. The molecule has 3 aromatic rings. The van der Waals surface area contributed by atoms with E-state index in [0.29, 0.717) is 9.63 Å². The molecule has 0 aliphatic heterocycles. The first-order valence-corrected chi connectivity index (χ1v) is 9.01. The lowest BCUT2D eigenvalue weighted by Gasteiger charge is -2.09. The van der Waals surface area contributed by atoms with Gasteiger partial charge >= 0.3 is 6.03 Å². The van der Waals surface area contributed by atoms with E-state index in [0.717, 1.165) is 29.3 Å². The molecule has 28 heavy (non-hydrogen) atoms. The van der Waals surface area contributed by atoms with Crippen LogP contribution in [-0.4, -0.2) is 16.9 Å². The molecule has 2 N–H and O–H groups in total. The van der Waals surface area contributed by atoms with Crippen LogP contribution in [0.1, 0.15) is 10.4 Å². The van der Waals surface area contributed by atoms with Crippen LogP contribution in [0.25, 0.3) is 11.1 Å².